The summed E-state index contributed by atoms with van der Waals surface area (Å²) in [6.45, 7) is 2.14. The van der Waals surface area contributed by atoms with E-state index in [1.807, 2.05) is 18.2 Å². The van der Waals surface area contributed by atoms with E-state index in [0.29, 0.717) is 5.90 Å². The first kappa shape index (κ1) is 27.1. The van der Waals surface area contributed by atoms with E-state index in [4.69, 9.17) is 14.3 Å². The molecule has 1 aliphatic heterocycles. The largest absolute Gasteiger partial charge is 0.472 e. The smallest absolute Gasteiger partial charge is 0.216 e. The van der Waals surface area contributed by atoms with Gasteiger partial charge in [0, 0.05) is 22.1 Å². The molecule has 204 valence electrons. The molecule has 2 unspecified atom stereocenters. The third-order valence-electron chi connectivity index (χ3n) is 7.54. The summed E-state index contributed by atoms with van der Waals surface area (Å²) in [5.41, 5.74) is 3.43. The molecule has 0 amide bonds. The van der Waals surface area contributed by atoms with Crippen LogP contribution in [0.2, 0.25) is 0 Å². The topological polar surface area (TPSA) is 30.8 Å². The lowest BCUT2D eigenvalue weighted by Crippen LogP contribution is -2.35. The Hall–Kier alpha value is -4.04. The van der Waals surface area contributed by atoms with Gasteiger partial charge in [0.2, 0.25) is 5.90 Å². The number of hydrogen-bond acceptors (Lipinski definition) is 3. The Balaban J connectivity index is 1.46. The molecule has 5 aromatic rings. The minimum Gasteiger partial charge on any atom is -0.472 e. The van der Waals surface area contributed by atoms with Crippen LogP contribution in [0, 0.1) is 5.92 Å². The number of rotatable bonds is 10. The second kappa shape index (κ2) is 13.1. The van der Waals surface area contributed by atoms with Gasteiger partial charge in [-0.05, 0) is 36.6 Å². The molecule has 4 atom stereocenters. The molecular weight excluding hydrogens is 521 g/mol. The van der Waals surface area contributed by atoms with Crippen LogP contribution in [0.5, 0.6) is 0 Å². The van der Waals surface area contributed by atoms with Crippen molar-refractivity contribution in [3.8, 4) is 0 Å². The molecule has 0 saturated heterocycles. The molecule has 1 heterocycles. The lowest BCUT2D eigenvalue weighted by atomic mass is 9.82. The summed E-state index contributed by atoms with van der Waals surface area (Å²) in [5.74, 6) is 0.745. The van der Waals surface area contributed by atoms with Gasteiger partial charge in [-0.25, -0.2) is 4.99 Å². The lowest BCUT2D eigenvalue weighted by molar-refractivity contribution is 0.0969. The van der Waals surface area contributed by atoms with Crippen LogP contribution in [-0.2, 0) is 15.7 Å². The second-order valence-corrected chi connectivity index (χ2v) is 12.2. The number of aliphatic imine (C=N–C) groups is 1. The van der Waals surface area contributed by atoms with E-state index in [2.05, 4.69) is 140 Å². The maximum atomic E-state index is 7.38. The van der Waals surface area contributed by atoms with E-state index in [1.165, 1.54) is 16.2 Å². The van der Waals surface area contributed by atoms with Gasteiger partial charge < -0.3 is 9.26 Å². The van der Waals surface area contributed by atoms with Crippen molar-refractivity contribution in [2.45, 2.75) is 31.6 Å². The Kier molecular flexibility index (Phi) is 8.66. The summed E-state index contributed by atoms with van der Waals surface area (Å²) in [6, 6.07) is 52.7. The molecule has 0 aromatic heterocycles. The summed E-state index contributed by atoms with van der Waals surface area (Å²) < 4.78 is 13.8. The van der Waals surface area contributed by atoms with Gasteiger partial charge in [0.15, 0.2) is 0 Å². The van der Waals surface area contributed by atoms with Crippen molar-refractivity contribution in [2.24, 2.45) is 10.9 Å². The van der Waals surface area contributed by atoms with E-state index >= 15 is 0 Å². The molecule has 3 nitrogen and oxygen atoms in total. The van der Waals surface area contributed by atoms with E-state index in [0.717, 1.165) is 17.5 Å². The lowest BCUT2D eigenvalue weighted by Gasteiger charge is -2.35. The molecule has 6 rings (SSSR count). The highest BCUT2D eigenvalue weighted by Crippen LogP contribution is 2.47. The molecule has 0 fully saturated rings. The van der Waals surface area contributed by atoms with Gasteiger partial charge in [0.1, 0.15) is 6.10 Å². The van der Waals surface area contributed by atoms with E-state index in [-0.39, 0.29) is 24.2 Å². The monoisotopic (exact) mass is 555 g/mol. The van der Waals surface area contributed by atoms with Crippen molar-refractivity contribution in [1.82, 2.24) is 0 Å². The van der Waals surface area contributed by atoms with Crippen molar-refractivity contribution >= 4 is 24.7 Å². The van der Waals surface area contributed by atoms with Gasteiger partial charge >= 0.3 is 0 Å². The van der Waals surface area contributed by atoms with Crippen LogP contribution in [0.25, 0.3) is 0 Å². The fourth-order valence-corrected chi connectivity index (χ4v) is 7.45. The zero-order chi connectivity index (χ0) is 27.9. The van der Waals surface area contributed by atoms with Crippen LogP contribution in [0.15, 0.2) is 157 Å². The van der Waals surface area contributed by atoms with E-state index in [1.54, 1.807) is 0 Å². The SMILES string of the molecule is C[C@@H]1OC(c2ccccc2)=N[C@@H]1C(Cc1ccccc1)C(OP(c1ccccc1)c1ccccc1)c1ccccc1. The third-order valence-corrected chi connectivity index (χ3v) is 9.51. The Morgan fingerprint density at radius 2 is 1.15 bits per heavy atom. The molecule has 0 saturated carbocycles. The minimum atomic E-state index is -1.09. The van der Waals surface area contributed by atoms with Crippen LogP contribution in [0.3, 0.4) is 0 Å². The van der Waals surface area contributed by atoms with Gasteiger partial charge in [-0.3, -0.25) is 0 Å². The predicted octanol–water partition coefficient (Wildman–Crippen LogP) is 7.89. The summed E-state index contributed by atoms with van der Waals surface area (Å²) in [5, 5.41) is 2.38. The Morgan fingerprint density at radius 1 is 0.659 bits per heavy atom. The number of hydrogen-bond donors (Lipinski definition) is 0. The van der Waals surface area contributed by atoms with Crippen LogP contribution < -0.4 is 10.6 Å². The van der Waals surface area contributed by atoms with Crippen molar-refractivity contribution in [1.29, 1.82) is 0 Å². The molecular formula is C37H34NO2P. The van der Waals surface area contributed by atoms with Crippen molar-refractivity contribution in [2.75, 3.05) is 0 Å². The van der Waals surface area contributed by atoms with Gasteiger partial charge in [-0.15, -0.1) is 0 Å². The van der Waals surface area contributed by atoms with Crippen LogP contribution in [0.4, 0.5) is 0 Å². The van der Waals surface area contributed by atoms with Crippen LogP contribution in [0.1, 0.15) is 29.7 Å². The Morgan fingerprint density at radius 3 is 1.71 bits per heavy atom. The number of ether oxygens (including phenoxy) is 1. The van der Waals surface area contributed by atoms with E-state index in [9.17, 15) is 0 Å². The first-order valence-electron chi connectivity index (χ1n) is 14.2. The minimum absolute atomic E-state index is 0.0356. The quantitative estimate of drug-likeness (QED) is 0.164. The van der Waals surface area contributed by atoms with Crippen molar-refractivity contribution < 1.29 is 9.26 Å². The fraction of sp³-hybridized carbons (Fsp3) is 0.162. The highest BCUT2D eigenvalue weighted by Gasteiger charge is 2.41. The van der Waals surface area contributed by atoms with Crippen molar-refractivity contribution in [3.63, 3.8) is 0 Å². The van der Waals surface area contributed by atoms with Gasteiger partial charge in [0.05, 0.1) is 20.3 Å². The average molecular weight is 556 g/mol. The first-order valence-corrected chi connectivity index (χ1v) is 15.5. The first-order chi connectivity index (χ1) is 20.3. The highest BCUT2D eigenvalue weighted by molar-refractivity contribution is 7.68. The maximum Gasteiger partial charge on any atom is 0.216 e. The molecule has 0 aliphatic carbocycles. The molecule has 0 bridgehead atoms. The standard InChI is InChI=1S/C37H34NO2P/c1-28-35(38-37(39-28)31-21-11-4-12-22-31)34(27-29-17-7-2-8-18-29)36(30-19-9-3-10-20-30)40-41(32-23-13-5-14-24-32)33-25-15-6-16-26-33/h2-26,28,34-36H,27H2,1H3/t28-,34?,35-,36?/m0/s1. The van der Waals surface area contributed by atoms with Gasteiger partial charge in [-0.2, -0.15) is 0 Å². The molecule has 41 heavy (non-hydrogen) atoms. The fourth-order valence-electron chi connectivity index (χ4n) is 5.52. The number of nitrogens with zero attached hydrogens (tertiary/aromatic N) is 1. The van der Waals surface area contributed by atoms with Crippen LogP contribution >= 0.6 is 8.15 Å². The molecule has 0 radical (unpaired) electrons. The Labute approximate surface area is 244 Å². The van der Waals surface area contributed by atoms with Crippen molar-refractivity contribution in [3.05, 3.63) is 168 Å². The molecule has 4 heteroatoms. The average Bonchev–Trinajstić information content (AvgIpc) is 3.44. The summed E-state index contributed by atoms with van der Waals surface area (Å²) >= 11 is 0. The zero-order valence-corrected chi connectivity index (χ0v) is 24.1. The normalized spacial score (nSPS) is 18.0. The summed E-state index contributed by atoms with van der Waals surface area (Å²) in [4.78, 5) is 5.26. The van der Waals surface area contributed by atoms with Crippen LogP contribution in [-0.4, -0.2) is 18.0 Å². The predicted molar refractivity (Wildman–Crippen MR) is 170 cm³/mol. The third kappa shape index (κ3) is 6.49. The summed E-state index contributed by atoms with van der Waals surface area (Å²) in [6.07, 6.45) is 0.517. The number of benzene rings is 5. The Bertz CT molecular complexity index is 1490. The highest BCUT2D eigenvalue weighted by atomic mass is 31.1. The second-order valence-electron chi connectivity index (χ2n) is 10.4. The van der Waals surface area contributed by atoms with Gasteiger partial charge in [0.25, 0.3) is 0 Å². The summed E-state index contributed by atoms with van der Waals surface area (Å²) in [7, 11) is -1.09. The molecule has 1 aliphatic rings. The molecule has 0 spiro atoms. The molecule has 0 N–H and O–H groups in total. The molecule has 5 aromatic carbocycles. The maximum absolute atomic E-state index is 7.38. The van der Waals surface area contributed by atoms with Gasteiger partial charge in [-0.1, -0.05) is 140 Å². The van der Waals surface area contributed by atoms with E-state index < -0.39 is 8.15 Å². The zero-order valence-electron chi connectivity index (χ0n) is 23.2.